The molecule has 1 heterocycles. The zero-order valence-electron chi connectivity index (χ0n) is 12.4. The van der Waals surface area contributed by atoms with Crippen LogP contribution in [0.1, 0.15) is 54.6 Å². The number of nitrogens with two attached hydrogens (primary N) is 1. The fourth-order valence-corrected chi connectivity index (χ4v) is 3.42. The van der Waals surface area contributed by atoms with E-state index >= 15 is 0 Å². The lowest BCUT2D eigenvalue weighted by molar-refractivity contribution is 0.461. The van der Waals surface area contributed by atoms with E-state index in [1.165, 1.54) is 25.7 Å². The minimum Gasteiger partial charge on any atom is -0.324 e. The molecule has 1 aromatic carbocycles. The van der Waals surface area contributed by atoms with Crippen LogP contribution in [0, 0.1) is 6.92 Å². The van der Waals surface area contributed by atoms with Gasteiger partial charge in [-0.3, -0.25) is 4.68 Å². The Hall–Kier alpha value is -1.32. The van der Waals surface area contributed by atoms with E-state index in [2.05, 4.69) is 16.9 Å². The molecule has 0 saturated heterocycles. The second kappa shape index (κ2) is 6.20. The molecule has 1 unspecified atom stereocenters. The predicted molar refractivity (Wildman–Crippen MR) is 86.6 cm³/mol. The number of aromatic nitrogens is 2. The number of nitrogens with zero attached hydrogens (tertiary/aromatic N) is 2. The first-order valence-electron chi connectivity index (χ1n) is 7.70. The summed E-state index contributed by atoms with van der Waals surface area (Å²) in [5.41, 5.74) is 9.45. The Morgan fingerprint density at radius 1 is 1.33 bits per heavy atom. The standard InChI is InChI=1S/C17H22ClN3/c1-12-5-4-8-15(17(12)18)16(19)11-13-9-10-21(20-13)14-6-2-3-7-14/h4-5,8-10,14,16H,2-3,6-7,11,19H2,1H3. The maximum Gasteiger partial charge on any atom is 0.0643 e. The van der Waals surface area contributed by atoms with Crippen LogP contribution >= 0.6 is 11.6 Å². The van der Waals surface area contributed by atoms with Gasteiger partial charge in [0.1, 0.15) is 0 Å². The zero-order chi connectivity index (χ0) is 14.8. The molecular formula is C17H22ClN3. The molecule has 0 bridgehead atoms. The number of halogens is 1. The predicted octanol–water partition coefficient (Wildman–Crippen LogP) is 4.20. The Morgan fingerprint density at radius 3 is 2.86 bits per heavy atom. The summed E-state index contributed by atoms with van der Waals surface area (Å²) in [5, 5.41) is 5.48. The number of hydrogen-bond acceptors (Lipinski definition) is 2. The highest BCUT2D eigenvalue weighted by atomic mass is 35.5. The summed E-state index contributed by atoms with van der Waals surface area (Å²) >= 11 is 6.36. The van der Waals surface area contributed by atoms with Crippen LogP contribution in [0.5, 0.6) is 0 Å². The molecule has 112 valence electrons. The molecule has 1 fully saturated rings. The molecule has 0 amide bonds. The first-order chi connectivity index (χ1) is 10.1. The van der Waals surface area contributed by atoms with Crippen LogP contribution in [0.3, 0.4) is 0 Å². The van der Waals surface area contributed by atoms with Gasteiger partial charge in [0.15, 0.2) is 0 Å². The fourth-order valence-electron chi connectivity index (χ4n) is 3.15. The SMILES string of the molecule is Cc1cccc(C(N)Cc2ccn(C3CCCC3)n2)c1Cl. The Balaban J connectivity index is 1.72. The summed E-state index contributed by atoms with van der Waals surface area (Å²) in [6, 6.07) is 8.58. The molecule has 1 aliphatic rings. The van der Waals surface area contributed by atoms with E-state index in [0.717, 1.165) is 28.3 Å². The smallest absolute Gasteiger partial charge is 0.0643 e. The number of rotatable bonds is 4. The second-order valence-corrected chi connectivity index (χ2v) is 6.39. The zero-order valence-corrected chi connectivity index (χ0v) is 13.2. The molecule has 2 aromatic rings. The van der Waals surface area contributed by atoms with Gasteiger partial charge in [-0.05, 0) is 37.0 Å². The second-order valence-electron chi connectivity index (χ2n) is 6.01. The van der Waals surface area contributed by atoms with E-state index in [1.807, 2.05) is 25.1 Å². The van der Waals surface area contributed by atoms with Crippen LogP contribution in [-0.4, -0.2) is 9.78 Å². The molecule has 21 heavy (non-hydrogen) atoms. The largest absolute Gasteiger partial charge is 0.324 e. The van der Waals surface area contributed by atoms with Gasteiger partial charge in [0, 0.05) is 23.7 Å². The van der Waals surface area contributed by atoms with Crippen molar-refractivity contribution in [1.82, 2.24) is 9.78 Å². The first kappa shape index (κ1) is 14.6. The third kappa shape index (κ3) is 3.14. The van der Waals surface area contributed by atoms with Crippen LogP contribution in [0.25, 0.3) is 0 Å². The number of aryl methyl sites for hydroxylation is 1. The van der Waals surface area contributed by atoms with Crippen LogP contribution < -0.4 is 5.73 Å². The third-order valence-corrected chi connectivity index (χ3v) is 4.93. The highest BCUT2D eigenvalue weighted by Crippen LogP contribution is 2.30. The van der Waals surface area contributed by atoms with Crippen molar-refractivity contribution >= 4 is 11.6 Å². The van der Waals surface area contributed by atoms with Gasteiger partial charge >= 0.3 is 0 Å². The molecule has 0 spiro atoms. The van der Waals surface area contributed by atoms with Crippen molar-refractivity contribution in [1.29, 1.82) is 0 Å². The maximum absolute atomic E-state index is 6.36. The molecule has 1 aromatic heterocycles. The topological polar surface area (TPSA) is 43.8 Å². The van der Waals surface area contributed by atoms with Gasteiger partial charge in [0.25, 0.3) is 0 Å². The van der Waals surface area contributed by atoms with Crippen LogP contribution in [0.4, 0.5) is 0 Å². The highest BCUT2D eigenvalue weighted by Gasteiger charge is 2.19. The van der Waals surface area contributed by atoms with Gasteiger partial charge in [-0.1, -0.05) is 42.6 Å². The summed E-state index contributed by atoms with van der Waals surface area (Å²) in [6.07, 6.45) is 7.95. The summed E-state index contributed by atoms with van der Waals surface area (Å²) in [4.78, 5) is 0. The van der Waals surface area contributed by atoms with Crippen molar-refractivity contribution in [3.8, 4) is 0 Å². The van der Waals surface area contributed by atoms with E-state index < -0.39 is 0 Å². The summed E-state index contributed by atoms with van der Waals surface area (Å²) < 4.78 is 2.12. The summed E-state index contributed by atoms with van der Waals surface area (Å²) in [7, 11) is 0. The normalized spacial score (nSPS) is 17.3. The quantitative estimate of drug-likeness (QED) is 0.920. The molecular weight excluding hydrogens is 282 g/mol. The van der Waals surface area contributed by atoms with Gasteiger partial charge in [-0.2, -0.15) is 5.10 Å². The average molecular weight is 304 g/mol. The van der Waals surface area contributed by atoms with Crippen molar-refractivity contribution in [2.24, 2.45) is 5.73 Å². The lowest BCUT2D eigenvalue weighted by atomic mass is 10.0. The van der Waals surface area contributed by atoms with E-state index in [9.17, 15) is 0 Å². The average Bonchev–Trinajstić information content (AvgIpc) is 3.12. The molecule has 0 radical (unpaired) electrons. The van der Waals surface area contributed by atoms with Gasteiger partial charge in [0.05, 0.1) is 11.7 Å². The van der Waals surface area contributed by atoms with Gasteiger partial charge in [-0.25, -0.2) is 0 Å². The van der Waals surface area contributed by atoms with Crippen molar-refractivity contribution in [3.63, 3.8) is 0 Å². The molecule has 2 N–H and O–H groups in total. The molecule has 3 rings (SSSR count). The number of benzene rings is 1. The monoisotopic (exact) mass is 303 g/mol. The summed E-state index contributed by atoms with van der Waals surface area (Å²) in [5.74, 6) is 0. The van der Waals surface area contributed by atoms with Crippen molar-refractivity contribution in [3.05, 3.63) is 52.3 Å². The molecule has 1 atom stereocenters. The van der Waals surface area contributed by atoms with Gasteiger partial charge < -0.3 is 5.73 Å². The lowest BCUT2D eigenvalue weighted by Gasteiger charge is -2.14. The Bertz CT molecular complexity index is 614. The molecule has 3 nitrogen and oxygen atoms in total. The van der Waals surface area contributed by atoms with Crippen molar-refractivity contribution in [2.45, 2.75) is 51.1 Å². The van der Waals surface area contributed by atoms with Crippen LogP contribution in [0.15, 0.2) is 30.5 Å². The Kier molecular flexibility index (Phi) is 4.32. The molecule has 1 saturated carbocycles. The maximum atomic E-state index is 6.36. The highest BCUT2D eigenvalue weighted by molar-refractivity contribution is 6.32. The Morgan fingerprint density at radius 2 is 2.10 bits per heavy atom. The van der Waals surface area contributed by atoms with E-state index in [4.69, 9.17) is 22.4 Å². The van der Waals surface area contributed by atoms with Crippen molar-refractivity contribution in [2.75, 3.05) is 0 Å². The summed E-state index contributed by atoms with van der Waals surface area (Å²) in [6.45, 7) is 2.01. The first-order valence-corrected chi connectivity index (χ1v) is 8.07. The lowest BCUT2D eigenvalue weighted by Crippen LogP contribution is -2.15. The van der Waals surface area contributed by atoms with E-state index in [0.29, 0.717) is 6.04 Å². The fraction of sp³-hybridized carbons (Fsp3) is 0.471. The molecule has 0 aliphatic heterocycles. The van der Waals surface area contributed by atoms with Crippen LogP contribution in [-0.2, 0) is 6.42 Å². The number of hydrogen-bond donors (Lipinski definition) is 1. The van der Waals surface area contributed by atoms with Crippen molar-refractivity contribution < 1.29 is 0 Å². The Labute approximate surface area is 131 Å². The van der Waals surface area contributed by atoms with E-state index in [1.54, 1.807) is 0 Å². The minimum absolute atomic E-state index is 0.107. The molecule has 4 heteroatoms. The van der Waals surface area contributed by atoms with E-state index in [-0.39, 0.29) is 6.04 Å². The van der Waals surface area contributed by atoms with Gasteiger partial charge in [-0.15, -0.1) is 0 Å². The molecule has 1 aliphatic carbocycles. The third-order valence-electron chi connectivity index (χ3n) is 4.41. The minimum atomic E-state index is -0.107. The van der Waals surface area contributed by atoms with Crippen LogP contribution in [0.2, 0.25) is 5.02 Å². The van der Waals surface area contributed by atoms with Gasteiger partial charge in [0.2, 0.25) is 0 Å².